The average Bonchev–Trinajstić information content (AvgIpc) is 2.45. The fourth-order valence-corrected chi connectivity index (χ4v) is 3.68. The maximum Gasteiger partial charge on any atom is 0.0781 e. The SMILES string of the molecule is CC(CN1CCCCC1)NC(C)c1ccc(Cl)c(Cl)c1Cl. The van der Waals surface area contributed by atoms with Gasteiger partial charge in [0.25, 0.3) is 0 Å². The lowest BCUT2D eigenvalue weighted by molar-refractivity contribution is 0.205. The van der Waals surface area contributed by atoms with Crippen molar-refractivity contribution < 1.29 is 0 Å². The lowest BCUT2D eigenvalue weighted by Crippen LogP contribution is -2.42. The molecule has 0 saturated carbocycles. The van der Waals surface area contributed by atoms with Gasteiger partial charge in [0.1, 0.15) is 0 Å². The number of nitrogens with one attached hydrogen (secondary N) is 1. The Labute approximate surface area is 142 Å². The monoisotopic (exact) mass is 348 g/mol. The molecule has 1 fully saturated rings. The lowest BCUT2D eigenvalue weighted by Gasteiger charge is -2.31. The van der Waals surface area contributed by atoms with E-state index >= 15 is 0 Å². The van der Waals surface area contributed by atoms with Crippen molar-refractivity contribution in [3.8, 4) is 0 Å². The molecule has 1 aromatic carbocycles. The summed E-state index contributed by atoms with van der Waals surface area (Å²) in [6.07, 6.45) is 4.01. The van der Waals surface area contributed by atoms with Gasteiger partial charge in [-0.25, -0.2) is 0 Å². The van der Waals surface area contributed by atoms with E-state index in [1.54, 1.807) is 6.07 Å². The first-order valence-electron chi connectivity index (χ1n) is 7.61. The highest BCUT2D eigenvalue weighted by Gasteiger charge is 2.18. The number of rotatable bonds is 5. The van der Waals surface area contributed by atoms with E-state index in [1.807, 2.05) is 6.07 Å². The summed E-state index contributed by atoms with van der Waals surface area (Å²) in [7, 11) is 0. The number of benzene rings is 1. The van der Waals surface area contributed by atoms with Crippen LogP contribution in [-0.4, -0.2) is 30.6 Å². The predicted octanol–water partition coefficient (Wildman–Crippen LogP) is 5.17. The molecular weight excluding hydrogens is 327 g/mol. The van der Waals surface area contributed by atoms with Crippen LogP contribution in [0.1, 0.15) is 44.7 Å². The van der Waals surface area contributed by atoms with Crippen molar-refractivity contribution in [2.75, 3.05) is 19.6 Å². The summed E-state index contributed by atoms with van der Waals surface area (Å²) in [4.78, 5) is 2.53. The van der Waals surface area contributed by atoms with Gasteiger partial charge in [-0.2, -0.15) is 0 Å². The van der Waals surface area contributed by atoms with E-state index in [4.69, 9.17) is 34.8 Å². The van der Waals surface area contributed by atoms with Gasteiger partial charge in [-0.1, -0.05) is 47.3 Å². The fraction of sp³-hybridized carbons (Fsp3) is 0.625. The first-order chi connectivity index (χ1) is 9.99. The Morgan fingerprint density at radius 3 is 2.38 bits per heavy atom. The molecular formula is C16H23Cl3N2. The first-order valence-corrected chi connectivity index (χ1v) is 8.74. The van der Waals surface area contributed by atoms with Crippen LogP contribution in [0.5, 0.6) is 0 Å². The Balaban J connectivity index is 1.94. The van der Waals surface area contributed by atoms with Gasteiger partial charge in [-0.15, -0.1) is 0 Å². The third kappa shape index (κ3) is 4.74. The van der Waals surface area contributed by atoms with Gasteiger partial charge in [-0.05, 0) is 51.4 Å². The second kappa shape index (κ2) is 8.03. The third-order valence-corrected chi connectivity index (χ3v) is 5.36. The zero-order valence-corrected chi connectivity index (χ0v) is 14.9. The summed E-state index contributed by atoms with van der Waals surface area (Å²) < 4.78 is 0. The maximum atomic E-state index is 6.30. The van der Waals surface area contributed by atoms with Crippen molar-refractivity contribution in [3.63, 3.8) is 0 Å². The van der Waals surface area contributed by atoms with Crippen molar-refractivity contribution in [1.29, 1.82) is 0 Å². The van der Waals surface area contributed by atoms with E-state index in [2.05, 4.69) is 24.1 Å². The minimum atomic E-state index is 0.145. The van der Waals surface area contributed by atoms with Crippen molar-refractivity contribution in [1.82, 2.24) is 10.2 Å². The fourth-order valence-electron chi connectivity index (χ4n) is 2.97. The van der Waals surface area contributed by atoms with Gasteiger partial charge >= 0.3 is 0 Å². The Morgan fingerprint density at radius 2 is 1.71 bits per heavy atom. The predicted molar refractivity (Wildman–Crippen MR) is 92.8 cm³/mol. The van der Waals surface area contributed by atoms with Gasteiger partial charge in [0.15, 0.2) is 0 Å². The molecule has 2 unspecified atom stereocenters. The van der Waals surface area contributed by atoms with Gasteiger partial charge in [0.2, 0.25) is 0 Å². The molecule has 1 aliphatic heterocycles. The molecule has 0 spiro atoms. The number of piperidine rings is 1. The molecule has 0 aromatic heterocycles. The molecule has 21 heavy (non-hydrogen) atoms. The number of halogens is 3. The van der Waals surface area contributed by atoms with E-state index in [9.17, 15) is 0 Å². The molecule has 1 aromatic rings. The smallest absolute Gasteiger partial charge is 0.0781 e. The van der Waals surface area contributed by atoms with Crippen molar-refractivity contribution >= 4 is 34.8 Å². The van der Waals surface area contributed by atoms with Crippen molar-refractivity contribution in [3.05, 3.63) is 32.8 Å². The van der Waals surface area contributed by atoms with Gasteiger partial charge in [0.05, 0.1) is 15.1 Å². The summed E-state index contributed by atoms with van der Waals surface area (Å²) in [5, 5.41) is 5.09. The second-order valence-corrected chi connectivity index (χ2v) is 7.08. The lowest BCUT2D eigenvalue weighted by atomic mass is 10.1. The zero-order valence-electron chi connectivity index (χ0n) is 12.6. The van der Waals surface area contributed by atoms with Crippen molar-refractivity contribution in [2.24, 2.45) is 0 Å². The molecule has 1 heterocycles. The molecule has 0 bridgehead atoms. The van der Waals surface area contributed by atoms with Crippen LogP contribution in [0.15, 0.2) is 12.1 Å². The van der Waals surface area contributed by atoms with Crippen LogP contribution in [0, 0.1) is 0 Å². The van der Waals surface area contributed by atoms with Crippen LogP contribution in [0.4, 0.5) is 0 Å². The van der Waals surface area contributed by atoms with Gasteiger partial charge in [-0.3, -0.25) is 0 Å². The molecule has 5 heteroatoms. The summed E-state index contributed by atoms with van der Waals surface area (Å²) in [6.45, 7) is 7.83. The molecule has 2 atom stereocenters. The molecule has 0 amide bonds. The molecule has 0 radical (unpaired) electrons. The number of hydrogen-bond donors (Lipinski definition) is 1. The highest BCUT2D eigenvalue weighted by Crippen LogP contribution is 2.35. The number of likely N-dealkylation sites (tertiary alicyclic amines) is 1. The Hall–Kier alpha value is 0.01000. The Bertz CT molecular complexity index is 473. The molecule has 0 aliphatic carbocycles. The highest BCUT2D eigenvalue weighted by molar-refractivity contribution is 6.48. The molecule has 2 rings (SSSR count). The third-order valence-electron chi connectivity index (χ3n) is 4.05. The van der Waals surface area contributed by atoms with Crippen LogP contribution in [0.2, 0.25) is 15.1 Å². The summed E-state index contributed by atoms with van der Waals surface area (Å²) >= 11 is 18.4. The van der Waals surface area contributed by atoms with Crippen LogP contribution in [0.3, 0.4) is 0 Å². The molecule has 1 aliphatic rings. The zero-order chi connectivity index (χ0) is 15.4. The van der Waals surface area contributed by atoms with Crippen LogP contribution in [-0.2, 0) is 0 Å². The normalized spacial score (nSPS) is 19.5. The largest absolute Gasteiger partial charge is 0.306 e. The standard InChI is InChI=1S/C16H23Cl3N2/c1-11(10-21-8-4-3-5-9-21)20-12(2)13-6-7-14(17)16(19)15(13)18/h6-7,11-12,20H,3-5,8-10H2,1-2H3. The van der Waals surface area contributed by atoms with E-state index in [-0.39, 0.29) is 6.04 Å². The summed E-state index contributed by atoms with van der Waals surface area (Å²) in [6, 6.07) is 4.30. The van der Waals surface area contributed by atoms with E-state index < -0.39 is 0 Å². The molecule has 2 nitrogen and oxygen atoms in total. The van der Waals surface area contributed by atoms with E-state index in [0.29, 0.717) is 21.1 Å². The minimum absolute atomic E-state index is 0.145. The first kappa shape index (κ1) is 17.4. The maximum absolute atomic E-state index is 6.30. The Morgan fingerprint density at radius 1 is 1.05 bits per heavy atom. The van der Waals surface area contributed by atoms with Gasteiger partial charge < -0.3 is 10.2 Å². The van der Waals surface area contributed by atoms with Crippen LogP contribution < -0.4 is 5.32 Å². The van der Waals surface area contributed by atoms with Crippen LogP contribution in [0.25, 0.3) is 0 Å². The molecule has 1 N–H and O–H groups in total. The van der Waals surface area contributed by atoms with E-state index in [1.165, 1.54) is 32.4 Å². The quantitative estimate of drug-likeness (QED) is 0.738. The average molecular weight is 350 g/mol. The topological polar surface area (TPSA) is 15.3 Å². The van der Waals surface area contributed by atoms with Gasteiger partial charge in [0, 0.05) is 18.6 Å². The van der Waals surface area contributed by atoms with Crippen molar-refractivity contribution in [2.45, 2.75) is 45.2 Å². The summed E-state index contributed by atoms with van der Waals surface area (Å²) in [5.74, 6) is 0. The van der Waals surface area contributed by atoms with E-state index in [0.717, 1.165) is 12.1 Å². The Kier molecular flexibility index (Phi) is 6.64. The van der Waals surface area contributed by atoms with Crippen LogP contribution >= 0.6 is 34.8 Å². The summed E-state index contributed by atoms with van der Waals surface area (Å²) in [5.41, 5.74) is 0.997. The number of nitrogens with zero attached hydrogens (tertiary/aromatic N) is 1. The minimum Gasteiger partial charge on any atom is -0.306 e. The highest BCUT2D eigenvalue weighted by atomic mass is 35.5. The number of hydrogen-bond acceptors (Lipinski definition) is 2. The second-order valence-electron chi connectivity index (χ2n) is 5.92. The molecule has 118 valence electrons. The molecule has 1 saturated heterocycles.